The number of amides is 2. The van der Waals surface area contributed by atoms with Gasteiger partial charge in [-0.3, -0.25) is 9.59 Å². The minimum absolute atomic E-state index is 0.0265. The minimum atomic E-state index is -0.141. The molecule has 0 aromatic heterocycles. The first-order valence-electron chi connectivity index (χ1n) is 11.7. The van der Waals surface area contributed by atoms with Crippen molar-refractivity contribution in [3.63, 3.8) is 0 Å². The van der Waals surface area contributed by atoms with Gasteiger partial charge in [-0.25, -0.2) is 0 Å². The summed E-state index contributed by atoms with van der Waals surface area (Å²) in [4.78, 5) is 30.0. The van der Waals surface area contributed by atoms with Gasteiger partial charge in [0.1, 0.15) is 0 Å². The molecule has 5 heteroatoms. The first kappa shape index (κ1) is 25.0. The highest BCUT2D eigenvalue weighted by atomic mass is 16.2. The van der Waals surface area contributed by atoms with E-state index in [2.05, 4.69) is 12.2 Å². The van der Waals surface area contributed by atoms with Gasteiger partial charge in [0.15, 0.2) is 0 Å². The number of carbonyl (C=O) groups excluding carboxylic acids is 2. The van der Waals surface area contributed by atoms with E-state index in [9.17, 15) is 9.59 Å². The first-order chi connectivity index (χ1) is 16.2. The normalized spacial score (nSPS) is 11.7. The van der Waals surface area contributed by atoms with Crippen molar-refractivity contribution in [3.8, 4) is 0 Å². The van der Waals surface area contributed by atoms with Crippen LogP contribution in [0.25, 0.3) is 0 Å². The Labute approximate surface area is 203 Å². The highest BCUT2D eigenvalue weighted by Crippen LogP contribution is 2.30. The van der Waals surface area contributed by atoms with E-state index < -0.39 is 0 Å². The molecule has 1 atom stereocenters. The van der Waals surface area contributed by atoms with Crippen LogP contribution in [0.5, 0.6) is 0 Å². The molecule has 0 aliphatic heterocycles. The maximum atomic E-state index is 13.8. The predicted molar refractivity (Wildman–Crippen MR) is 140 cm³/mol. The number of anilines is 2. The monoisotopic (exact) mass is 457 g/mol. The third-order valence-electron chi connectivity index (χ3n) is 5.97. The molecule has 0 spiro atoms. The van der Waals surface area contributed by atoms with E-state index >= 15 is 0 Å². The van der Waals surface area contributed by atoms with Crippen molar-refractivity contribution in [2.75, 3.05) is 24.3 Å². The molecule has 3 aromatic carbocycles. The lowest BCUT2D eigenvalue weighted by molar-refractivity contribution is -0.118. The predicted octanol–water partition coefficient (Wildman–Crippen LogP) is 6.06. The molecule has 0 aliphatic carbocycles. The van der Waals surface area contributed by atoms with Crippen LogP contribution in [-0.4, -0.2) is 30.8 Å². The summed E-state index contributed by atoms with van der Waals surface area (Å²) >= 11 is 0. The summed E-state index contributed by atoms with van der Waals surface area (Å²) in [5.41, 5.74) is 5.48. The fraction of sp³-hybridized carbons (Fsp3) is 0.310. The van der Waals surface area contributed by atoms with Gasteiger partial charge in [0, 0.05) is 43.5 Å². The number of hydrogen-bond acceptors (Lipinski definition) is 3. The Bertz CT molecular complexity index is 1140. The van der Waals surface area contributed by atoms with Gasteiger partial charge in [-0.1, -0.05) is 61.9 Å². The number of nitrogens with zero attached hydrogens (tertiary/aromatic N) is 2. The number of benzene rings is 3. The molecule has 0 aliphatic rings. The zero-order valence-electron chi connectivity index (χ0n) is 21.0. The van der Waals surface area contributed by atoms with Gasteiger partial charge < -0.3 is 15.1 Å². The largest absolute Gasteiger partial charge is 0.377 e. The summed E-state index contributed by atoms with van der Waals surface area (Å²) in [6, 6.07) is 23.5. The highest BCUT2D eigenvalue weighted by molar-refractivity contribution is 5.95. The van der Waals surface area contributed by atoms with Gasteiger partial charge in [-0.15, -0.1) is 0 Å². The lowest BCUT2D eigenvalue weighted by Gasteiger charge is -2.32. The van der Waals surface area contributed by atoms with Crippen LogP contribution in [0.15, 0.2) is 72.8 Å². The van der Waals surface area contributed by atoms with Gasteiger partial charge >= 0.3 is 0 Å². The van der Waals surface area contributed by atoms with Crippen LogP contribution < -0.4 is 10.2 Å². The van der Waals surface area contributed by atoms with Crippen LogP contribution >= 0.6 is 0 Å². The molecule has 178 valence electrons. The number of carbonyl (C=O) groups is 2. The fourth-order valence-electron chi connectivity index (χ4n) is 3.94. The molecular formula is C29H35N3O2. The van der Waals surface area contributed by atoms with Crippen molar-refractivity contribution >= 4 is 23.2 Å². The van der Waals surface area contributed by atoms with Crippen molar-refractivity contribution < 1.29 is 9.59 Å². The molecule has 0 bridgehead atoms. The maximum absolute atomic E-state index is 13.8. The van der Waals surface area contributed by atoms with Crippen LogP contribution in [0.2, 0.25) is 0 Å². The second kappa shape index (κ2) is 11.0. The standard InChI is InChI=1S/C29H35N3O2/c1-20(2)28(33)30-26-15-16-27(31(5)6)25(18-26)19-32(22(4)23-12-8-7-9-13-23)29(34)24-14-10-11-21(3)17-24/h7-18,20,22H,19H2,1-6H3,(H,30,33)/t22-/m1/s1. The van der Waals surface area contributed by atoms with Crippen LogP contribution in [0.4, 0.5) is 11.4 Å². The summed E-state index contributed by atoms with van der Waals surface area (Å²) in [7, 11) is 3.97. The smallest absolute Gasteiger partial charge is 0.254 e. The van der Waals surface area contributed by atoms with Crippen LogP contribution in [0, 0.1) is 12.8 Å². The van der Waals surface area contributed by atoms with E-state index in [4.69, 9.17) is 0 Å². The molecule has 5 nitrogen and oxygen atoms in total. The Kier molecular flexibility index (Phi) is 8.11. The van der Waals surface area contributed by atoms with Gasteiger partial charge in [-0.05, 0) is 55.3 Å². The second-order valence-corrected chi connectivity index (χ2v) is 9.27. The van der Waals surface area contributed by atoms with Crippen LogP contribution in [-0.2, 0) is 11.3 Å². The van der Waals surface area contributed by atoms with E-state index in [0.717, 1.165) is 28.1 Å². The summed E-state index contributed by atoms with van der Waals surface area (Å²) < 4.78 is 0. The Morgan fingerprint density at radius 2 is 1.59 bits per heavy atom. The first-order valence-corrected chi connectivity index (χ1v) is 11.7. The number of rotatable bonds is 8. The Hall–Kier alpha value is -3.60. The van der Waals surface area contributed by atoms with E-state index in [0.29, 0.717) is 12.1 Å². The molecule has 0 unspecified atom stereocenters. The van der Waals surface area contributed by atoms with Crippen molar-refractivity contribution in [1.29, 1.82) is 0 Å². The molecule has 34 heavy (non-hydrogen) atoms. The zero-order chi connectivity index (χ0) is 24.8. The summed E-state index contributed by atoms with van der Waals surface area (Å²) in [6.07, 6.45) is 0. The van der Waals surface area contributed by atoms with Gasteiger partial charge in [0.05, 0.1) is 6.04 Å². The van der Waals surface area contributed by atoms with Gasteiger partial charge in [0.25, 0.3) is 5.91 Å². The molecule has 0 radical (unpaired) electrons. The van der Waals surface area contributed by atoms with E-state index in [1.165, 1.54) is 0 Å². The molecule has 2 amide bonds. The average Bonchev–Trinajstić information content (AvgIpc) is 2.82. The summed E-state index contributed by atoms with van der Waals surface area (Å²) in [5, 5.41) is 2.99. The summed E-state index contributed by atoms with van der Waals surface area (Å²) in [6.45, 7) is 8.19. The molecule has 0 saturated carbocycles. The van der Waals surface area contributed by atoms with Crippen molar-refractivity contribution in [3.05, 3.63) is 95.1 Å². The lowest BCUT2D eigenvalue weighted by Crippen LogP contribution is -2.34. The van der Waals surface area contributed by atoms with Crippen LogP contribution in [0.1, 0.15) is 53.9 Å². The molecule has 0 heterocycles. The molecular weight excluding hydrogens is 422 g/mol. The number of nitrogens with one attached hydrogen (secondary N) is 1. The number of hydrogen-bond donors (Lipinski definition) is 1. The van der Waals surface area contributed by atoms with E-state index in [-0.39, 0.29) is 23.8 Å². The Morgan fingerprint density at radius 1 is 0.882 bits per heavy atom. The topological polar surface area (TPSA) is 52.7 Å². The van der Waals surface area contributed by atoms with Crippen LogP contribution in [0.3, 0.4) is 0 Å². The minimum Gasteiger partial charge on any atom is -0.377 e. The second-order valence-electron chi connectivity index (χ2n) is 9.27. The number of aryl methyl sites for hydroxylation is 1. The van der Waals surface area contributed by atoms with E-state index in [1.807, 2.05) is 117 Å². The highest BCUT2D eigenvalue weighted by Gasteiger charge is 2.25. The van der Waals surface area contributed by atoms with Gasteiger partial charge in [-0.2, -0.15) is 0 Å². The van der Waals surface area contributed by atoms with Crippen molar-refractivity contribution in [2.24, 2.45) is 5.92 Å². The fourth-order valence-corrected chi connectivity index (χ4v) is 3.94. The Balaban J connectivity index is 2.04. The van der Waals surface area contributed by atoms with E-state index in [1.54, 1.807) is 0 Å². The molecule has 1 N–H and O–H groups in total. The SMILES string of the molecule is Cc1cccc(C(=O)N(Cc2cc(NC(=O)C(C)C)ccc2N(C)C)[C@H](C)c2ccccc2)c1. The van der Waals surface area contributed by atoms with Crippen molar-refractivity contribution in [2.45, 2.75) is 40.3 Å². The molecule has 3 rings (SSSR count). The summed E-state index contributed by atoms with van der Waals surface area (Å²) in [5.74, 6) is -0.176. The van der Waals surface area contributed by atoms with Gasteiger partial charge in [0.2, 0.25) is 5.91 Å². The zero-order valence-corrected chi connectivity index (χ0v) is 21.0. The molecule has 0 fully saturated rings. The third kappa shape index (κ3) is 6.04. The average molecular weight is 458 g/mol. The molecule has 0 saturated heterocycles. The van der Waals surface area contributed by atoms with Crippen molar-refractivity contribution in [1.82, 2.24) is 4.90 Å². The lowest BCUT2D eigenvalue weighted by atomic mass is 10.0. The Morgan fingerprint density at radius 3 is 2.21 bits per heavy atom. The maximum Gasteiger partial charge on any atom is 0.254 e. The quantitative estimate of drug-likeness (QED) is 0.447. The third-order valence-corrected chi connectivity index (χ3v) is 5.97. The molecule has 3 aromatic rings.